The smallest absolute Gasteiger partial charge is 0.245 e. The maximum absolute atomic E-state index is 12.5. The first kappa shape index (κ1) is 19.9. The third kappa shape index (κ3) is 5.86. The number of sulfonamides is 1. The average molecular weight is 376 g/mol. The molecule has 0 aliphatic rings. The topological polar surface area (TPSA) is 84.5 Å². The van der Waals surface area contributed by atoms with Crippen LogP contribution in [0.1, 0.15) is 26.3 Å². The van der Waals surface area contributed by atoms with Crippen LogP contribution in [-0.4, -0.2) is 26.5 Å². The Kier molecular flexibility index (Phi) is 6.39. The van der Waals surface area contributed by atoms with E-state index in [4.69, 9.17) is 4.74 Å². The van der Waals surface area contributed by atoms with Crippen LogP contribution in [0.3, 0.4) is 0 Å². The Labute approximate surface area is 154 Å². The largest absolute Gasteiger partial charge is 0.494 e. The Morgan fingerprint density at radius 1 is 1.04 bits per heavy atom. The number of anilines is 1. The highest BCUT2D eigenvalue weighted by molar-refractivity contribution is 7.88. The molecule has 7 heteroatoms. The zero-order chi connectivity index (χ0) is 19.2. The Morgan fingerprint density at radius 2 is 1.65 bits per heavy atom. The highest BCUT2D eigenvalue weighted by Gasteiger charge is 2.32. The van der Waals surface area contributed by atoms with Gasteiger partial charge in [0.15, 0.2) is 0 Å². The van der Waals surface area contributed by atoms with E-state index >= 15 is 0 Å². The van der Waals surface area contributed by atoms with Gasteiger partial charge in [0.25, 0.3) is 0 Å². The van der Waals surface area contributed by atoms with Crippen molar-refractivity contribution in [2.75, 3.05) is 11.9 Å². The average Bonchev–Trinajstić information content (AvgIpc) is 2.56. The first-order valence-electron chi connectivity index (χ1n) is 8.32. The van der Waals surface area contributed by atoms with Crippen molar-refractivity contribution in [1.29, 1.82) is 0 Å². The molecule has 26 heavy (non-hydrogen) atoms. The van der Waals surface area contributed by atoms with Gasteiger partial charge >= 0.3 is 0 Å². The lowest BCUT2D eigenvalue weighted by Crippen LogP contribution is -2.52. The molecule has 0 saturated carbocycles. The summed E-state index contributed by atoms with van der Waals surface area (Å²) in [5.41, 5.74) is -0.0804. The van der Waals surface area contributed by atoms with Crippen LogP contribution < -0.4 is 14.8 Å². The Hall–Kier alpha value is -2.38. The fourth-order valence-electron chi connectivity index (χ4n) is 2.35. The zero-order valence-corrected chi connectivity index (χ0v) is 16.0. The molecule has 2 rings (SSSR count). The van der Waals surface area contributed by atoms with Crippen molar-refractivity contribution >= 4 is 21.6 Å². The van der Waals surface area contributed by atoms with Crippen molar-refractivity contribution in [1.82, 2.24) is 4.72 Å². The van der Waals surface area contributed by atoms with Gasteiger partial charge in [0.05, 0.1) is 12.4 Å². The molecule has 6 nitrogen and oxygen atoms in total. The summed E-state index contributed by atoms with van der Waals surface area (Å²) < 4.78 is 32.6. The van der Waals surface area contributed by atoms with Gasteiger partial charge in [0, 0.05) is 5.69 Å². The SMILES string of the molecule is CCOc1ccc(NC(=O)C(C)(C)NS(=O)(=O)Cc2ccccc2)cc1. The van der Waals surface area contributed by atoms with Crippen molar-refractivity contribution in [2.24, 2.45) is 0 Å². The second-order valence-electron chi connectivity index (χ2n) is 6.38. The van der Waals surface area contributed by atoms with Crippen molar-refractivity contribution in [3.05, 3.63) is 60.2 Å². The number of hydrogen-bond acceptors (Lipinski definition) is 4. The zero-order valence-electron chi connectivity index (χ0n) is 15.2. The molecule has 2 aromatic carbocycles. The number of carbonyl (C=O) groups excluding carboxylic acids is 1. The number of hydrogen-bond donors (Lipinski definition) is 2. The van der Waals surface area contributed by atoms with Crippen LogP contribution in [0.15, 0.2) is 54.6 Å². The molecule has 0 bridgehead atoms. The molecule has 0 saturated heterocycles. The van der Waals surface area contributed by atoms with E-state index in [2.05, 4.69) is 10.0 Å². The fourth-order valence-corrected chi connectivity index (χ4v) is 3.93. The predicted molar refractivity (Wildman–Crippen MR) is 103 cm³/mol. The molecule has 0 aliphatic carbocycles. The standard InChI is InChI=1S/C19H24N2O4S/c1-4-25-17-12-10-16(11-13-17)20-18(22)19(2,3)21-26(23,24)14-15-8-6-5-7-9-15/h5-13,21H,4,14H2,1-3H3,(H,20,22). The molecule has 0 unspecified atom stereocenters. The van der Waals surface area contributed by atoms with Gasteiger partial charge in [-0.05, 0) is 50.6 Å². The lowest BCUT2D eigenvalue weighted by atomic mass is 10.1. The van der Waals surface area contributed by atoms with Crippen LogP contribution in [0.2, 0.25) is 0 Å². The summed E-state index contributed by atoms with van der Waals surface area (Å²) in [4.78, 5) is 12.5. The van der Waals surface area contributed by atoms with Gasteiger partial charge in [-0.3, -0.25) is 4.79 Å². The first-order valence-corrected chi connectivity index (χ1v) is 9.97. The number of nitrogens with one attached hydrogen (secondary N) is 2. The van der Waals surface area contributed by atoms with Gasteiger partial charge in [-0.15, -0.1) is 0 Å². The van der Waals surface area contributed by atoms with Crippen LogP contribution >= 0.6 is 0 Å². The lowest BCUT2D eigenvalue weighted by Gasteiger charge is -2.25. The Bertz CT molecular complexity index is 832. The summed E-state index contributed by atoms with van der Waals surface area (Å²) >= 11 is 0. The minimum atomic E-state index is -3.67. The highest BCUT2D eigenvalue weighted by atomic mass is 32.2. The number of rotatable bonds is 8. The third-order valence-electron chi connectivity index (χ3n) is 3.60. The van der Waals surface area contributed by atoms with Crippen LogP contribution in [-0.2, 0) is 20.6 Å². The molecule has 0 spiro atoms. The highest BCUT2D eigenvalue weighted by Crippen LogP contribution is 2.18. The van der Waals surface area contributed by atoms with Gasteiger partial charge < -0.3 is 10.1 Å². The predicted octanol–water partition coefficient (Wildman–Crippen LogP) is 2.92. The molecule has 0 radical (unpaired) electrons. The number of ether oxygens (including phenoxy) is 1. The maximum Gasteiger partial charge on any atom is 0.245 e. The van der Waals surface area contributed by atoms with Crippen molar-refractivity contribution in [3.63, 3.8) is 0 Å². The number of amides is 1. The van der Waals surface area contributed by atoms with E-state index in [9.17, 15) is 13.2 Å². The second-order valence-corrected chi connectivity index (χ2v) is 8.11. The quantitative estimate of drug-likeness (QED) is 0.742. The van der Waals surface area contributed by atoms with Crippen molar-refractivity contribution in [3.8, 4) is 5.75 Å². The molecule has 0 aromatic heterocycles. The normalized spacial score (nSPS) is 11.8. The molecular weight excluding hydrogens is 352 g/mol. The number of benzene rings is 2. The lowest BCUT2D eigenvalue weighted by molar-refractivity contribution is -0.120. The van der Waals surface area contributed by atoms with Crippen molar-refractivity contribution in [2.45, 2.75) is 32.1 Å². The fraction of sp³-hybridized carbons (Fsp3) is 0.316. The first-order chi connectivity index (χ1) is 12.2. The summed E-state index contributed by atoms with van der Waals surface area (Å²) in [5.74, 6) is 0.0692. The van der Waals surface area contributed by atoms with Crippen LogP contribution in [0.25, 0.3) is 0 Å². The van der Waals surface area contributed by atoms with Gasteiger partial charge in [0.2, 0.25) is 15.9 Å². The summed E-state index contributed by atoms with van der Waals surface area (Å²) in [6.07, 6.45) is 0. The van der Waals surface area contributed by atoms with Crippen LogP contribution in [0.4, 0.5) is 5.69 Å². The van der Waals surface area contributed by atoms with Crippen LogP contribution in [0, 0.1) is 0 Å². The van der Waals surface area contributed by atoms with Crippen molar-refractivity contribution < 1.29 is 17.9 Å². The summed E-state index contributed by atoms with van der Waals surface area (Å²) in [6, 6.07) is 15.7. The van der Waals surface area contributed by atoms with E-state index in [-0.39, 0.29) is 5.75 Å². The van der Waals surface area contributed by atoms with Gasteiger partial charge in [-0.25, -0.2) is 8.42 Å². The molecule has 0 fully saturated rings. The van der Waals surface area contributed by atoms with E-state index in [0.29, 0.717) is 23.6 Å². The maximum atomic E-state index is 12.5. The molecule has 2 aromatic rings. The molecule has 0 aliphatic heterocycles. The number of carbonyl (C=O) groups is 1. The Balaban J connectivity index is 2.02. The summed E-state index contributed by atoms with van der Waals surface area (Å²) in [5, 5.41) is 2.72. The molecular formula is C19H24N2O4S. The molecule has 140 valence electrons. The monoisotopic (exact) mass is 376 g/mol. The minimum absolute atomic E-state index is 0.187. The van der Waals surface area contributed by atoms with Gasteiger partial charge in [0.1, 0.15) is 11.3 Å². The van der Waals surface area contributed by atoms with E-state index < -0.39 is 21.5 Å². The van der Waals surface area contributed by atoms with Gasteiger partial charge in [-0.1, -0.05) is 30.3 Å². The molecule has 0 atom stereocenters. The molecule has 2 N–H and O–H groups in total. The minimum Gasteiger partial charge on any atom is -0.494 e. The second kappa shape index (κ2) is 8.33. The summed E-state index contributed by atoms with van der Waals surface area (Å²) in [7, 11) is -3.67. The third-order valence-corrected chi connectivity index (χ3v) is 5.14. The van der Waals surface area contributed by atoms with E-state index in [1.54, 1.807) is 48.5 Å². The molecule has 0 heterocycles. The van der Waals surface area contributed by atoms with Crippen LogP contribution in [0.5, 0.6) is 5.75 Å². The van der Waals surface area contributed by atoms with Gasteiger partial charge in [-0.2, -0.15) is 4.72 Å². The summed E-state index contributed by atoms with van der Waals surface area (Å²) in [6.45, 7) is 5.50. The van der Waals surface area contributed by atoms with E-state index in [0.717, 1.165) is 0 Å². The van der Waals surface area contributed by atoms with E-state index in [1.165, 1.54) is 13.8 Å². The van der Waals surface area contributed by atoms with E-state index in [1.807, 2.05) is 13.0 Å². The Morgan fingerprint density at radius 3 is 2.23 bits per heavy atom. The molecule has 1 amide bonds.